The predicted molar refractivity (Wildman–Crippen MR) is 123 cm³/mol. The van der Waals surface area contributed by atoms with E-state index in [1.54, 1.807) is 25.1 Å². The maximum absolute atomic E-state index is 13.9. The summed E-state index contributed by atoms with van der Waals surface area (Å²) in [5, 5.41) is 21.3. The zero-order chi connectivity index (χ0) is 23.6. The first-order chi connectivity index (χ1) is 15.3. The lowest BCUT2D eigenvalue weighted by Crippen LogP contribution is -2.49. The number of halogens is 1. The molecule has 1 atom stereocenters. The van der Waals surface area contributed by atoms with Crippen LogP contribution in [-0.2, 0) is 17.9 Å². The van der Waals surface area contributed by atoms with Gasteiger partial charge in [0.05, 0.1) is 11.8 Å². The number of nitrogens with zero attached hydrogens (tertiary/aromatic N) is 4. The summed E-state index contributed by atoms with van der Waals surface area (Å²) in [4.78, 5) is 12.5. The fraction of sp³-hybridized carbons (Fsp3) is 0.565. The molecular weight excluding hydrogens is 429 g/mol. The maximum Gasteiger partial charge on any atom is 0.231 e. The molecular formula is C23H32FN5O2S. The first kappa shape index (κ1) is 25.7. The third-order valence-electron chi connectivity index (χ3n) is 5.34. The molecule has 0 aliphatic heterocycles. The van der Waals surface area contributed by atoms with Crippen LogP contribution < -0.4 is 10.1 Å². The second-order valence-electron chi connectivity index (χ2n) is 8.14. The number of carbonyl (C=O) groups excluding carboxylic acids is 1. The molecule has 0 aliphatic rings. The lowest BCUT2D eigenvalue weighted by molar-refractivity contribution is -0.120. The van der Waals surface area contributed by atoms with Gasteiger partial charge in [-0.2, -0.15) is 5.26 Å². The highest BCUT2D eigenvalue weighted by atomic mass is 32.2. The molecule has 0 saturated carbocycles. The average molecular weight is 462 g/mol. The van der Waals surface area contributed by atoms with Crippen LogP contribution in [0.3, 0.4) is 0 Å². The van der Waals surface area contributed by atoms with Crippen molar-refractivity contribution in [3.05, 3.63) is 35.9 Å². The minimum absolute atomic E-state index is 0.0224. The molecule has 1 unspecified atom stereocenters. The Morgan fingerprint density at radius 3 is 2.72 bits per heavy atom. The number of nitriles is 1. The number of aromatic nitrogens is 3. The van der Waals surface area contributed by atoms with Gasteiger partial charge in [-0.1, -0.05) is 63.9 Å². The molecule has 1 amide bonds. The van der Waals surface area contributed by atoms with Gasteiger partial charge in [0.1, 0.15) is 12.1 Å². The van der Waals surface area contributed by atoms with Gasteiger partial charge in [0.2, 0.25) is 5.91 Å². The van der Waals surface area contributed by atoms with Gasteiger partial charge in [-0.05, 0) is 31.4 Å². The third-order valence-corrected chi connectivity index (χ3v) is 6.31. The molecule has 7 nitrogen and oxygen atoms in total. The number of thioether (sulfide) groups is 1. The van der Waals surface area contributed by atoms with Crippen molar-refractivity contribution in [1.29, 1.82) is 5.26 Å². The van der Waals surface area contributed by atoms with E-state index in [2.05, 4.69) is 28.5 Å². The molecule has 2 rings (SSSR count). The minimum Gasteiger partial charge on any atom is -0.483 e. The number of unbranched alkanes of at least 4 members (excludes halogenated alkanes) is 3. The maximum atomic E-state index is 13.9. The van der Waals surface area contributed by atoms with Crippen LogP contribution in [0.1, 0.15) is 59.2 Å². The summed E-state index contributed by atoms with van der Waals surface area (Å²) < 4.78 is 21.4. The summed E-state index contributed by atoms with van der Waals surface area (Å²) >= 11 is 1.27. The first-order valence-corrected chi connectivity index (χ1v) is 11.9. The lowest BCUT2D eigenvalue weighted by atomic mass is 9.90. The molecule has 0 aliphatic carbocycles. The van der Waals surface area contributed by atoms with E-state index in [9.17, 15) is 14.4 Å². The van der Waals surface area contributed by atoms with Crippen LogP contribution in [0, 0.1) is 23.1 Å². The second kappa shape index (κ2) is 12.4. The van der Waals surface area contributed by atoms with Gasteiger partial charge in [-0.3, -0.25) is 4.79 Å². The first-order valence-electron chi connectivity index (χ1n) is 10.9. The number of hydrogen-bond acceptors (Lipinski definition) is 6. The zero-order valence-corrected chi connectivity index (χ0v) is 20.0. The van der Waals surface area contributed by atoms with Crippen molar-refractivity contribution in [2.45, 2.75) is 77.2 Å². The monoisotopic (exact) mass is 461 g/mol. The normalized spacial score (nSPS) is 12.9. The van der Waals surface area contributed by atoms with Crippen molar-refractivity contribution >= 4 is 17.7 Å². The summed E-state index contributed by atoms with van der Waals surface area (Å²) in [6.07, 6.45) is 4.27. The van der Waals surface area contributed by atoms with Crippen molar-refractivity contribution < 1.29 is 13.9 Å². The van der Waals surface area contributed by atoms with Gasteiger partial charge >= 0.3 is 0 Å². The molecule has 0 saturated heterocycles. The van der Waals surface area contributed by atoms with Gasteiger partial charge in [0.25, 0.3) is 0 Å². The standard InChI is InChI=1S/C23H32FN5O2S/c1-5-6-7-10-13-29-20(14-31-19-12-9-8-11-18(19)24)27-28-22(29)32-15-21(30)26-23(4,16-25)17(2)3/h8-9,11-12,17H,5-7,10,13-15H2,1-4H3,(H,26,30). The Balaban J connectivity index is 2.07. The number of ether oxygens (including phenoxy) is 1. The quantitative estimate of drug-likeness (QED) is 0.343. The van der Waals surface area contributed by atoms with Crippen molar-refractivity contribution in [2.24, 2.45) is 5.92 Å². The summed E-state index contributed by atoms with van der Waals surface area (Å²) in [6, 6.07) is 8.40. The van der Waals surface area contributed by atoms with Crippen LogP contribution in [0.25, 0.3) is 0 Å². The van der Waals surface area contributed by atoms with Crippen molar-refractivity contribution in [1.82, 2.24) is 20.1 Å². The van der Waals surface area contributed by atoms with Crippen molar-refractivity contribution in [2.75, 3.05) is 5.75 Å². The van der Waals surface area contributed by atoms with Gasteiger partial charge in [-0.25, -0.2) is 4.39 Å². The third kappa shape index (κ3) is 7.23. The highest BCUT2D eigenvalue weighted by Crippen LogP contribution is 2.22. The van der Waals surface area contributed by atoms with E-state index >= 15 is 0 Å². The Morgan fingerprint density at radius 2 is 2.06 bits per heavy atom. The molecule has 0 fully saturated rings. The largest absolute Gasteiger partial charge is 0.483 e. The Kier molecular flexibility index (Phi) is 9.97. The van der Waals surface area contributed by atoms with Crippen LogP contribution in [0.2, 0.25) is 0 Å². The van der Waals surface area contributed by atoms with Crippen LogP contribution in [0.4, 0.5) is 4.39 Å². The predicted octanol–water partition coefficient (Wildman–Crippen LogP) is 4.72. The van der Waals surface area contributed by atoms with Crippen molar-refractivity contribution in [3.8, 4) is 11.8 Å². The molecule has 1 aromatic carbocycles. The van der Waals surface area contributed by atoms with E-state index in [4.69, 9.17) is 4.74 Å². The summed E-state index contributed by atoms with van der Waals surface area (Å²) in [5.74, 6) is 0.162. The summed E-state index contributed by atoms with van der Waals surface area (Å²) in [6.45, 7) is 8.42. The highest BCUT2D eigenvalue weighted by molar-refractivity contribution is 7.99. The van der Waals surface area contributed by atoms with Gasteiger partial charge < -0.3 is 14.6 Å². The van der Waals surface area contributed by atoms with Crippen LogP contribution in [0.5, 0.6) is 5.75 Å². The van der Waals surface area contributed by atoms with Crippen LogP contribution in [0.15, 0.2) is 29.4 Å². The topological polar surface area (TPSA) is 92.8 Å². The molecule has 0 spiro atoms. The molecule has 1 aromatic heterocycles. The van der Waals surface area contributed by atoms with Gasteiger partial charge in [-0.15, -0.1) is 10.2 Å². The van der Waals surface area contributed by atoms with Gasteiger partial charge in [0.15, 0.2) is 22.5 Å². The van der Waals surface area contributed by atoms with E-state index in [-0.39, 0.29) is 29.9 Å². The number of carbonyl (C=O) groups is 1. The fourth-order valence-electron chi connectivity index (χ4n) is 2.92. The highest BCUT2D eigenvalue weighted by Gasteiger charge is 2.30. The number of nitrogens with one attached hydrogen (secondary N) is 1. The molecule has 0 bridgehead atoms. The number of para-hydroxylation sites is 1. The Hall–Kier alpha value is -2.60. The molecule has 9 heteroatoms. The number of rotatable bonds is 13. The van der Waals surface area contributed by atoms with Crippen LogP contribution >= 0.6 is 11.8 Å². The van der Waals surface area contributed by atoms with E-state index in [1.165, 1.54) is 17.8 Å². The molecule has 0 radical (unpaired) electrons. The smallest absolute Gasteiger partial charge is 0.231 e. The second-order valence-corrected chi connectivity index (χ2v) is 9.08. The molecule has 174 valence electrons. The van der Waals surface area contributed by atoms with E-state index in [0.29, 0.717) is 17.5 Å². The number of amides is 1. The Bertz CT molecular complexity index is 927. The summed E-state index contributed by atoms with van der Waals surface area (Å²) in [5.41, 5.74) is -0.926. The lowest BCUT2D eigenvalue weighted by Gasteiger charge is -2.27. The van der Waals surface area contributed by atoms with E-state index in [0.717, 1.165) is 25.7 Å². The molecule has 1 heterocycles. The fourth-order valence-corrected chi connectivity index (χ4v) is 3.70. The molecule has 1 N–H and O–H groups in total. The van der Waals surface area contributed by atoms with E-state index in [1.807, 2.05) is 18.4 Å². The minimum atomic E-state index is -0.926. The number of benzene rings is 1. The van der Waals surface area contributed by atoms with E-state index < -0.39 is 11.4 Å². The molecule has 32 heavy (non-hydrogen) atoms. The van der Waals surface area contributed by atoms with Gasteiger partial charge in [0, 0.05) is 6.54 Å². The summed E-state index contributed by atoms with van der Waals surface area (Å²) in [7, 11) is 0. The zero-order valence-electron chi connectivity index (χ0n) is 19.2. The number of hydrogen-bond donors (Lipinski definition) is 1. The average Bonchev–Trinajstić information content (AvgIpc) is 3.16. The SMILES string of the molecule is CCCCCCn1c(COc2ccccc2F)nnc1SCC(=O)NC(C)(C#N)C(C)C. The molecule has 2 aromatic rings. The van der Waals surface area contributed by atoms with Crippen LogP contribution in [-0.4, -0.2) is 32.0 Å². The van der Waals surface area contributed by atoms with Crippen molar-refractivity contribution in [3.63, 3.8) is 0 Å². The Labute approximate surface area is 193 Å². The Morgan fingerprint density at radius 1 is 1.31 bits per heavy atom.